The average molecular weight is 344 g/mol. The molecule has 0 saturated heterocycles. The largest absolute Gasteiger partial charge is 0.494 e. The molecule has 0 aromatic heterocycles. The lowest BCUT2D eigenvalue weighted by Crippen LogP contribution is -2.37. The summed E-state index contributed by atoms with van der Waals surface area (Å²) in [5.74, 6) is -0.236. The zero-order valence-corrected chi connectivity index (χ0v) is 14.0. The number of carbonyl (C=O) groups excluding carboxylic acids is 2. The van der Waals surface area contributed by atoms with Gasteiger partial charge in [-0.25, -0.2) is 4.39 Å². The monoisotopic (exact) mass is 344 g/mol. The zero-order valence-electron chi connectivity index (χ0n) is 14.0. The zero-order chi connectivity index (χ0) is 18.1. The fourth-order valence-corrected chi connectivity index (χ4v) is 2.23. The summed E-state index contributed by atoms with van der Waals surface area (Å²) >= 11 is 0. The Morgan fingerprint density at radius 1 is 1.08 bits per heavy atom. The van der Waals surface area contributed by atoms with E-state index in [9.17, 15) is 14.0 Å². The Kier molecular flexibility index (Phi) is 6.95. The highest BCUT2D eigenvalue weighted by Gasteiger charge is 2.08. The molecule has 0 radical (unpaired) electrons. The van der Waals surface area contributed by atoms with Gasteiger partial charge in [-0.1, -0.05) is 12.1 Å². The van der Waals surface area contributed by atoms with Gasteiger partial charge in [-0.05, 0) is 55.3 Å². The maximum absolute atomic E-state index is 13.0. The number of nitrogens with one attached hydrogen (secondary N) is 2. The quantitative estimate of drug-likeness (QED) is 0.772. The molecule has 5 nitrogen and oxygen atoms in total. The third-order valence-electron chi connectivity index (χ3n) is 3.46. The van der Waals surface area contributed by atoms with E-state index < -0.39 is 0 Å². The standard InChI is InChI=1S/C19H21FN2O3/c1-2-25-17-8-6-15(7-9-17)19(24)22-13-18(23)21-11-10-14-4-3-5-16(20)12-14/h3-9,12H,2,10-11,13H2,1H3,(H,21,23)(H,22,24). The molecule has 0 spiro atoms. The molecule has 0 bridgehead atoms. The van der Waals surface area contributed by atoms with Crippen LogP contribution in [-0.4, -0.2) is 31.5 Å². The van der Waals surface area contributed by atoms with Crippen molar-refractivity contribution in [3.63, 3.8) is 0 Å². The number of rotatable bonds is 8. The average Bonchev–Trinajstić information content (AvgIpc) is 2.61. The number of benzene rings is 2. The maximum atomic E-state index is 13.0. The minimum atomic E-state index is -0.330. The van der Waals surface area contributed by atoms with Crippen LogP contribution < -0.4 is 15.4 Å². The van der Waals surface area contributed by atoms with Gasteiger partial charge >= 0.3 is 0 Å². The molecule has 0 saturated carbocycles. The number of carbonyl (C=O) groups is 2. The molecule has 0 aliphatic rings. The fraction of sp³-hybridized carbons (Fsp3) is 0.263. The van der Waals surface area contributed by atoms with Crippen LogP contribution in [0.15, 0.2) is 48.5 Å². The van der Waals surface area contributed by atoms with Gasteiger partial charge in [-0.3, -0.25) is 9.59 Å². The summed E-state index contributed by atoms with van der Waals surface area (Å²) in [6, 6.07) is 12.9. The first kappa shape index (κ1) is 18.4. The molecule has 0 atom stereocenters. The van der Waals surface area contributed by atoms with Gasteiger partial charge in [-0.15, -0.1) is 0 Å². The van der Waals surface area contributed by atoms with Crippen LogP contribution >= 0.6 is 0 Å². The predicted molar refractivity (Wildman–Crippen MR) is 93.1 cm³/mol. The Balaban J connectivity index is 1.71. The minimum absolute atomic E-state index is 0.116. The van der Waals surface area contributed by atoms with Gasteiger partial charge in [-0.2, -0.15) is 0 Å². The highest BCUT2D eigenvalue weighted by molar-refractivity contribution is 5.96. The van der Waals surface area contributed by atoms with Gasteiger partial charge < -0.3 is 15.4 Å². The number of ether oxygens (including phenoxy) is 1. The van der Waals surface area contributed by atoms with E-state index in [1.807, 2.05) is 6.92 Å². The van der Waals surface area contributed by atoms with Gasteiger partial charge in [0.15, 0.2) is 0 Å². The van der Waals surface area contributed by atoms with Crippen LogP contribution in [0.5, 0.6) is 5.75 Å². The van der Waals surface area contributed by atoms with E-state index >= 15 is 0 Å². The molecule has 0 aliphatic carbocycles. The molecule has 0 aliphatic heterocycles. The van der Waals surface area contributed by atoms with E-state index in [0.717, 1.165) is 5.56 Å². The lowest BCUT2D eigenvalue weighted by molar-refractivity contribution is -0.120. The first-order valence-corrected chi connectivity index (χ1v) is 8.10. The van der Waals surface area contributed by atoms with Crippen LogP contribution in [0.3, 0.4) is 0 Å². The summed E-state index contributed by atoms with van der Waals surface area (Å²) in [6.45, 7) is 2.70. The first-order valence-electron chi connectivity index (χ1n) is 8.10. The molecule has 0 unspecified atom stereocenters. The summed E-state index contributed by atoms with van der Waals surface area (Å²) in [5, 5.41) is 5.24. The van der Waals surface area contributed by atoms with E-state index in [2.05, 4.69) is 10.6 Å². The Morgan fingerprint density at radius 2 is 1.84 bits per heavy atom. The van der Waals surface area contributed by atoms with E-state index in [-0.39, 0.29) is 24.2 Å². The minimum Gasteiger partial charge on any atom is -0.494 e. The predicted octanol–water partition coefficient (Wildman–Crippen LogP) is 2.31. The molecule has 132 valence electrons. The molecule has 2 N–H and O–H groups in total. The normalized spacial score (nSPS) is 10.2. The van der Waals surface area contributed by atoms with Crippen molar-refractivity contribution in [2.45, 2.75) is 13.3 Å². The highest BCUT2D eigenvalue weighted by atomic mass is 19.1. The molecule has 2 aromatic carbocycles. The number of amides is 2. The summed E-state index contributed by atoms with van der Waals surface area (Å²) in [4.78, 5) is 23.7. The third kappa shape index (κ3) is 6.25. The summed E-state index contributed by atoms with van der Waals surface area (Å²) < 4.78 is 18.4. The molecule has 6 heteroatoms. The van der Waals surface area contributed by atoms with Gasteiger partial charge in [0.1, 0.15) is 11.6 Å². The van der Waals surface area contributed by atoms with Crippen LogP contribution in [0, 0.1) is 5.82 Å². The van der Waals surface area contributed by atoms with Crippen LogP contribution in [-0.2, 0) is 11.2 Å². The second kappa shape index (κ2) is 9.42. The smallest absolute Gasteiger partial charge is 0.251 e. The van der Waals surface area contributed by atoms with Crippen molar-refractivity contribution in [2.75, 3.05) is 19.7 Å². The van der Waals surface area contributed by atoms with Gasteiger partial charge in [0.25, 0.3) is 5.91 Å². The number of halogens is 1. The second-order valence-electron chi connectivity index (χ2n) is 5.37. The number of hydrogen-bond donors (Lipinski definition) is 2. The first-order chi connectivity index (χ1) is 12.1. The molecule has 2 aromatic rings. The Labute approximate surface area is 146 Å². The lowest BCUT2D eigenvalue weighted by atomic mass is 10.1. The van der Waals surface area contributed by atoms with Crippen LogP contribution in [0.1, 0.15) is 22.8 Å². The van der Waals surface area contributed by atoms with E-state index in [1.165, 1.54) is 12.1 Å². The van der Waals surface area contributed by atoms with Crippen molar-refractivity contribution >= 4 is 11.8 Å². The van der Waals surface area contributed by atoms with E-state index in [0.29, 0.717) is 30.9 Å². The number of hydrogen-bond acceptors (Lipinski definition) is 3. The van der Waals surface area contributed by atoms with E-state index in [4.69, 9.17) is 4.74 Å². The van der Waals surface area contributed by atoms with Crippen molar-refractivity contribution in [2.24, 2.45) is 0 Å². The molecule has 0 heterocycles. The SMILES string of the molecule is CCOc1ccc(C(=O)NCC(=O)NCCc2cccc(F)c2)cc1. The Bertz CT molecular complexity index is 717. The maximum Gasteiger partial charge on any atom is 0.251 e. The van der Waals surface area contributed by atoms with Crippen molar-refractivity contribution in [1.82, 2.24) is 10.6 Å². The highest BCUT2D eigenvalue weighted by Crippen LogP contribution is 2.11. The summed E-state index contributed by atoms with van der Waals surface area (Å²) in [5.41, 5.74) is 1.26. The molecule has 25 heavy (non-hydrogen) atoms. The molecule has 0 fully saturated rings. The van der Waals surface area contributed by atoms with Gasteiger partial charge in [0, 0.05) is 12.1 Å². The fourth-order valence-electron chi connectivity index (χ4n) is 2.23. The van der Waals surface area contributed by atoms with Crippen LogP contribution in [0.2, 0.25) is 0 Å². The Morgan fingerprint density at radius 3 is 2.52 bits per heavy atom. The third-order valence-corrected chi connectivity index (χ3v) is 3.46. The lowest BCUT2D eigenvalue weighted by Gasteiger charge is -2.08. The molecular weight excluding hydrogens is 323 g/mol. The van der Waals surface area contributed by atoms with Gasteiger partial charge in [0.05, 0.1) is 13.2 Å². The van der Waals surface area contributed by atoms with Crippen molar-refractivity contribution in [1.29, 1.82) is 0 Å². The molecule has 2 amide bonds. The molecular formula is C19H21FN2O3. The van der Waals surface area contributed by atoms with Crippen LogP contribution in [0.4, 0.5) is 4.39 Å². The van der Waals surface area contributed by atoms with Crippen molar-refractivity contribution in [3.8, 4) is 5.75 Å². The van der Waals surface area contributed by atoms with Crippen molar-refractivity contribution in [3.05, 3.63) is 65.5 Å². The molecule has 2 rings (SSSR count). The Hall–Kier alpha value is -2.89. The second-order valence-corrected chi connectivity index (χ2v) is 5.37. The van der Waals surface area contributed by atoms with Crippen molar-refractivity contribution < 1.29 is 18.7 Å². The van der Waals surface area contributed by atoms with Gasteiger partial charge in [0.2, 0.25) is 5.91 Å². The topological polar surface area (TPSA) is 67.4 Å². The van der Waals surface area contributed by atoms with Crippen LogP contribution in [0.25, 0.3) is 0 Å². The summed E-state index contributed by atoms with van der Waals surface area (Å²) in [6.07, 6.45) is 0.524. The van der Waals surface area contributed by atoms with E-state index in [1.54, 1.807) is 36.4 Å². The summed E-state index contributed by atoms with van der Waals surface area (Å²) in [7, 11) is 0.